The van der Waals surface area contributed by atoms with E-state index in [1.807, 2.05) is 0 Å². The molecule has 11 heteroatoms. The Labute approximate surface area is 215 Å². The molecule has 202 valence electrons. The van der Waals surface area contributed by atoms with Crippen molar-refractivity contribution in [1.29, 1.82) is 0 Å². The Kier molecular flexibility index (Phi) is 8.73. The van der Waals surface area contributed by atoms with Crippen molar-refractivity contribution in [3.8, 4) is 5.75 Å². The topological polar surface area (TPSA) is 91.4 Å². The van der Waals surface area contributed by atoms with Crippen molar-refractivity contribution in [3.63, 3.8) is 0 Å². The summed E-state index contributed by atoms with van der Waals surface area (Å²) < 4.78 is 46.3. The van der Waals surface area contributed by atoms with Gasteiger partial charge in [0.25, 0.3) is 5.91 Å². The smallest absolute Gasteiger partial charge is 0.421 e. The maximum atomic E-state index is 13.6. The lowest BCUT2D eigenvalue weighted by Gasteiger charge is -2.31. The first-order valence-corrected chi connectivity index (χ1v) is 13.0. The fraction of sp³-hybridized carbons (Fsp3) is 0.577. The van der Waals surface area contributed by atoms with Crippen LogP contribution in [0.5, 0.6) is 5.75 Å². The number of nitrogens with zero attached hydrogens (tertiary/aromatic N) is 3. The molecule has 0 atom stereocenters. The summed E-state index contributed by atoms with van der Waals surface area (Å²) >= 11 is 0. The fourth-order valence-electron chi connectivity index (χ4n) is 4.92. The van der Waals surface area contributed by atoms with Crippen LogP contribution in [0.25, 0.3) is 0 Å². The summed E-state index contributed by atoms with van der Waals surface area (Å²) in [6.07, 6.45) is 2.67. The number of aromatic nitrogens is 2. The molecule has 4 rings (SSSR count). The molecule has 1 saturated heterocycles. The van der Waals surface area contributed by atoms with Gasteiger partial charge in [-0.2, -0.15) is 18.2 Å². The summed E-state index contributed by atoms with van der Waals surface area (Å²) in [6, 6.07) is 4.95. The van der Waals surface area contributed by atoms with Crippen LogP contribution in [-0.2, 0) is 6.18 Å². The molecule has 0 bridgehead atoms. The molecule has 2 fully saturated rings. The van der Waals surface area contributed by atoms with Crippen molar-refractivity contribution in [2.45, 2.75) is 70.1 Å². The molecule has 1 aliphatic heterocycles. The number of hydrogen-bond acceptors (Lipinski definition) is 7. The van der Waals surface area contributed by atoms with Crippen LogP contribution < -0.4 is 20.7 Å². The number of piperidine rings is 1. The molecule has 37 heavy (non-hydrogen) atoms. The molecule has 1 aromatic carbocycles. The summed E-state index contributed by atoms with van der Waals surface area (Å²) in [5, 5.41) is 9.01. The average molecular weight is 521 g/mol. The van der Waals surface area contributed by atoms with E-state index in [0.29, 0.717) is 17.0 Å². The van der Waals surface area contributed by atoms with E-state index in [9.17, 15) is 18.0 Å². The molecule has 0 unspecified atom stereocenters. The van der Waals surface area contributed by atoms with Crippen LogP contribution >= 0.6 is 0 Å². The number of ether oxygens (including phenoxy) is 1. The summed E-state index contributed by atoms with van der Waals surface area (Å²) in [4.78, 5) is 23.2. The molecular weight excluding hydrogens is 485 g/mol. The summed E-state index contributed by atoms with van der Waals surface area (Å²) in [5.41, 5.74) is -0.0145. The minimum Gasteiger partial charge on any atom is -0.495 e. The van der Waals surface area contributed by atoms with Gasteiger partial charge in [-0.25, -0.2) is 4.98 Å². The van der Waals surface area contributed by atoms with Gasteiger partial charge in [-0.15, -0.1) is 0 Å². The molecule has 0 radical (unpaired) electrons. The molecule has 3 N–H and O–H groups in total. The van der Waals surface area contributed by atoms with E-state index in [2.05, 4.69) is 37.7 Å². The van der Waals surface area contributed by atoms with E-state index in [4.69, 9.17) is 4.74 Å². The first-order valence-electron chi connectivity index (χ1n) is 13.0. The maximum absolute atomic E-state index is 13.6. The number of alkyl halides is 3. The highest BCUT2D eigenvalue weighted by Gasteiger charge is 2.36. The number of rotatable bonds is 8. The van der Waals surface area contributed by atoms with E-state index in [0.717, 1.165) is 70.8 Å². The van der Waals surface area contributed by atoms with Crippen LogP contribution in [0.3, 0.4) is 0 Å². The number of hydrogen-bond donors (Lipinski definition) is 3. The van der Waals surface area contributed by atoms with Crippen molar-refractivity contribution >= 4 is 23.4 Å². The average Bonchev–Trinajstić information content (AvgIpc) is 2.89. The zero-order valence-electron chi connectivity index (χ0n) is 21.3. The Morgan fingerprint density at radius 1 is 1.11 bits per heavy atom. The van der Waals surface area contributed by atoms with E-state index >= 15 is 0 Å². The first kappa shape index (κ1) is 27.0. The second-order valence-corrected chi connectivity index (χ2v) is 9.65. The highest BCUT2D eigenvalue weighted by Crippen LogP contribution is 2.36. The van der Waals surface area contributed by atoms with Crippen LogP contribution in [0.15, 0.2) is 24.4 Å². The van der Waals surface area contributed by atoms with Crippen LogP contribution in [0.4, 0.5) is 30.6 Å². The molecule has 1 aliphatic carbocycles. The minimum absolute atomic E-state index is 0.00416. The maximum Gasteiger partial charge on any atom is 0.421 e. The Morgan fingerprint density at radius 2 is 1.84 bits per heavy atom. The third kappa shape index (κ3) is 7.03. The number of halogens is 3. The largest absolute Gasteiger partial charge is 0.495 e. The second-order valence-electron chi connectivity index (χ2n) is 9.65. The quantitative estimate of drug-likeness (QED) is 0.440. The van der Waals surface area contributed by atoms with Gasteiger partial charge in [0.1, 0.15) is 17.1 Å². The molecule has 2 aliphatic rings. The molecule has 1 amide bonds. The zero-order chi connectivity index (χ0) is 26.4. The van der Waals surface area contributed by atoms with Crippen molar-refractivity contribution in [2.24, 2.45) is 0 Å². The fourth-order valence-corrected chi connectivity index (χ4v) is 4.92. The highest BCUT2D eigenvalue weighted by atomic mass is 19.4. The van der Waals surface area contributed by atoms with E-state index in [-0.39, 0.29) is 29.8 Å². The highest BCUT2D eigenvalue weighted by molar-refractivity contribution is 5.95. The lowest BCUT2D eigenvalue weighted by molar-refractivity contribution is -0.137. The Morgan fingerprint density at radius 3 is 2.49 bits per heavy atom. The van der Waals surface area contributed by atoms with Gasteiger partial charge in [-0.3, -0.25) is 4.79 Å². The molecule has 2 aromatic rings. The van der Waals surface area contributed by atoms with E-state index < -0.39 is 11.7 Å². The number of benzene rings is 1. The predicted molar refractivity (Wildman–Crippen MR) is 136 cm³/mol. The number of methoxy groups -OCH3 is 1. The van der Waals surface area contributed by atoms with Gasteiger partial charge < -0.3 is 25.6 Å². The summed E-state index contributed by atoms with van der Waals surface area (Å²) in [6.45, 7) is 5.05. The Hall–Kier alpha value is -3.08. The van der Waals surface area contributed by atoms with Crippen LogP contribution in [0.2, 0.25) is 0 Å². The monoisotopic (exact) mass is 520 g/mol. The number of carbonyl (C=O) groups is 1. The van der Waals surface area contributed by atoms with Gasteiger partial charge in [0.05, 0.1) is 12.8 Å². The van der Waals surface area contributed by atoms with E-state index in [1.54, 1.807) is 18.2 Å². The van der Waals surface area contributed by atoms with Crippen molar-refractivity contribution < 1.29 is 22.7 Å². The predicted octanol–water partition coefficient (Wildman–Crippen LogP) is 5.21. The molecule has 1 saturated carbocycles. The lowest BCUT2D eigenvalue weighted by atomic mass is 9.95. The van der Waals surface area contributed by atoms with Crippen molar-refractivity contribution in [2.75, 3.05) is 37.4 Å². The third-order valence-electron chi connectivity index (χ3n) is 7.12. The number of anilines is 3. The van der Waals surface area contributed by atoms with Gasteiger partial charge in [0.15, 0.2) is 0 Å². The molecule has 1 aromatic heterocycles. The SMILES string of the molecule is CCN1CCC(NC(=O)c2ccc(Nc3ncc(C(F)(F)F)c(NC4CCCCC4)n3)c(OC)c2)CC1. The summed E-state index contributed by atoms with van der Waals surface area (Å²) in [5.74, 6) is -0.0613. The molecule has 0 spiro atoms. The first-order chi connectivity index (χ1) is 17.8. The molecule has 2 heterocycles. The number of carbonyl (C=O) groups excluding carboxylic acids is 1. The van der Waals surface area contributed by atoms with Crippen LogP contribution in [0.1, 0.15) is 67.8 Å². The normalized spacial score (nSPS) is 17.9. The van der Waals surface area contributed by atoms with Crippen molar-refractivity contribution in [3.05, 3.63) is 35.5 Å². The van der Waals surface area contributed by atoms with Gasteiger partial charge in [-0.1, -0.05) is 26.2 Å². The van der Waals surface area contributed by atoms with Crippen LogP contribution in [0, 0.1) is 0 Å². The third-order valence-corrected chi connectivity index (χ3v) is 7.12. The molecular formula is C26H35F3N6O2. The Balaban J connectivity index is 1.48. The standard InChI is InChI=1S/C26H35F3N6O2/c1-3-35-13-11-19(12-14-35)32-24(36)17-9-10-21(22(15-17)37-2)33-25-30-16-20(26(27,28)29)23(34-25)31-18-7-5-4-6-8-18/h9-10,15-16,18-19H,3-8,11-14H2,1-2H3,(H,32,36)(H2,30,31,33,34). The number of amides is 1. The Bertz CT molecular complexity index is 1070. The second kappa shape index (κ2) is 12.0. The lowest BCUT2D eigenvalue weighted by Crippen LogP contribution is -2.44. The van der Waals surface area contributed by atoms with E-state index in [1.165, 1.54) is 7.11 Å². The van der Waals surface area contributed by atoms with Crippen LogP contribution in [-0.4, -0.2) is 59.6 Å². The van der Waals surface area contributed by atoms with Gasteiger partial charge in [0, 0.05) is 36.9 Å². The van der Waals surface area contributed by atoms with Crippen molar-refractivity contribution in [1.82, 2.24) is 20.2 Å². The summed E-state index contributed by atoms with van der Waals surface area (Å²) in [7, 11) is 1.46. The number of likely N-dealkylation sites (tertiary alicyclic amines) is 1. The zero-order valence-corrected chi connectivity index (χ0v) is 21.3. The minimum atomic E-state index is -4.57. The van der Waals surface area contributed by atoms with Gasteiger partial charge >= 0.3 is 6.18 Å². The van der Waals surface area contributed by atoms with Gasteiger partial charge in [0.2, 0.25) is 5.95 Å². The molecule has 8 nitrogen and oxygen atoms in total. The van der Waals surface area contributed by atoms with Gasteiger partial charge in [-0.05, 0) is 50.4 Å². The number of nitrogens with one attached hydrogen (secondary N) is 3.